The molecule has 0 aromatic carbocycles. The van der Waals surface area contributed by atoms with Crippen molar-refractivity contribution in [2.75, 3.05) is 26.2 Å². The van der Waals surface area contributed by atoms with Crippen molar-refractivity contribution in [2.45, 2.75) is 0 Å². The van der Waals surface area contributed by atoms with Crippen LogP contribution < -0.4 is 10.2 Å². The zero-order valence-corrected chi connectivity index (χ0v) is 5.04. The van der Waals surface area contributed by atoms with Gasteiger partial charge in [0.2, 0.25) is 0 Å². The highest BCUT2D eigenvalue weighted by molar-refractivity contribution is 4.95. The third-order valence-corrected chi connectivity index (χ3v) is 2.25. The second-order valence-corrected chi connectivity index (χ2v) is 3.21. The summed E-state index contributed by atoms with van der Waals surface area (Å²) in [6.45, 7) is 5.07. The number of nitrogens with one attached hydrogen (secondary N) is 2. The van der Waals surface area contributed by atoms with Gasteiger partial charge in [0.1, 0.15) is 0 Å². The lowest BCUT2D eigenvalue weighted by Crippen LogP contribution is -3.20. The van der Waals surface area contributed by atoms with Crippen molar-refractivity contribution < 1.29 is 4.90 Å². The van der Waals surface area contributed by atoms with Gasteiger partial charge in [-0.2, -0.15) is 7.05 Å². The van der Waals surface area contributed by atoms with Gasteiger partial charge in [-0.15, -0.1) is 0 Å². The summed E-state index contributed by atoms with van der Waals surface area (Å²) in [5.41, 5.74) is 0.705. The molecule has 0 aliphatic carbocycles. The van der Waals surface area contributed by atoms with Gasteiger partial charge in [-0.25, -0.2) is 0 Å². The second kappa shape index (κ2) is 1.25. The number of quaternary nitrogens is 1. The third-order valence-electron chi connectivity index (χ3n) is 2.25. The van der Waals surface area contributed by atoms with Crippen LogP contribution in [0.3, 0.4) is 0 Å². The minimum atomic E-state index is 0.705. The predicted octanol–water partition coefficient (Wildman–Crippen LogP) is -1.73. The highest BCUT2D eigenvalue weighted by atomic mass is 15.2. The van der Waals surface area contributed by atoms with Gasteiger partial charge in [0.05, 0.1) is 18.5 Å². The monoisotopic (exact) mass is 112 g/mol. The topological polar surface area (TPSA) is 16.5 Å². The van der Waals surface area contributed by atoms with E-state index in [2.05, 4.69) is 12.4 Å². The Balaban J connectivity index is 1.92. The maximum Gasteiger partial charge on any atom is 0.0886 e. The molecule has 0 bridgehead atoms. The molecule has 2 rings (SSSR count). The maximum atomic E-state index is 3.91. The van der Waals surface area contributed by atoms with E-state index in [1.165, 1.54) is 31.1 Å². The fraction of sp³-hybridized carbons (Fsp3) is 0.833. The van der Waals surface area contributed by atoms with E-state index in [1.807, 2.05) is 0 Å². The van der Waals surface area contributed by atoms with Crippen molar-refractivity contribution in [1.82, 2.24) is 5.32 Å². The summed E-state index contributed by atoms with van der Waals surface area (Å²) in [4.78, 5) is 1.45. The second-order valence-electron chi connectivity index (χ2n) is 3.21. The fourth-order valence-corrected chi connectivity index (χ4v) is 1.74. The van der Waals surface area contributed by atoms with Gasteiger partial charge >= 0.3 is 0 Å². The van der Waals surface area contributed by atoms with E-state index >= 15 is 0 Å². The molecule has 2 fully saturated rings. The molecule has 2 nitrogen and oxygen atoms in total. The Kier molecular flexibility index (Phi) is 0.746. The summed E-state index contributed by atoms with van der Waals surface area (Å²) in [5.74, 6) is 0. The summed E-state index contributed by atoms with van der Waals surface area (Å²) in [5, 5.41) is 3.28. The van der Waals surface area contributed by atoms with Gasteiger partial charge in [-0.05, 0) is 0 Å². The predicted molar refractivity (Wildman–Crippen MR) is 31.4 cm³/mol. The summed E-state index contributed by atoms with van der Waals surface area (Å²) < 4.78 is 0. The quantitative estimate of drug-likeness (QED) is 0.356. The molecule has 0 amide bonds. The molecule has 2 aliphatic heterocycles. The number of hydrogen-bond acceptors (Lipinski definition) is 1. The van der Waals surface area contributed by atoms with Gasteiger partial charge in [0.25, 0.3) is 0 Å². The normalized spacial score (nSPS) is 34.1. The van der Waals surface area contributed by atoms with Crippen LogP contribution in [-0.4, -0.2) is 26.2 Å². The molecule has 46 valence electrons. The first kappa shape index (κ1) is 4.77. The lowest BCUT2D eigenvalue weighted by Gasteiger charge is -2.54. The van der Waals surface area contributed by atoms with Gasteiger partial charge in [0.15, 0.2) is 0 Å². The van der Waals surface area contributed by atoms with E-state index in [4.69, 9.17) is 0 Å². The van der Waals surface area contributed by atoms with E-state index < -0.39 is 0 Å². The van der Waals surface area contributed by atoms with Crippen LogP contribution in [0.15, 0.2) is 0 Å². The summed E-state index contributed by atoms with van der Waals surface area (Å²) >= 11 is 0. The summed E-state index contributed by atoms with van der Waals surface area (Å²) in [7, 11) is 3.91. The molecule has 2 heteroatoms. The van der Waals surface area contributed by atoms with Crippen LogP contribution in [0.5, 0.6) is 0 Å². The van der Waals surface area contributed by atoms with Crippen molar-refractivity contribution in [3.63, 3.8) is 0 Å². The van der Waals surface area contributed by atoms with Gasteiger partial charge in [-0.1, -0.05) is 0 Å². The van der Waals surface area contributed by atoms with Crippen LogP contribution in [0.4, 0.5) is 0 Å². The van der Waals surface area contributed by atoms with Crippen molar-refractivity contribution >= 4 is 0 Å². The van der Waals surface area contributed by atoms with Gasteiger partial charge < -0.3 is 10.2 Å². The highest BCUT2D eigenvalue weighted by Gasteiger charge is 2.47. The first-order valence-electron chi connectivity index (χ1n) is 3.18. The molecule has 2 saturated heterocycles. The van der Waals surface area contributed by atoms with Crippen LogP contribution in [0.25, 0.3) is 0 Å². The van der Waals surface area contributed by atoms with E-state index in [1.54, 1.807) is 0 Å². The van der Waals surface area contributed by atoms with E-state index in [0.717, 1.165) is 0 Å². The minimum Gasteiger partial charge on any atom is -0.466 e. The SMILES string of the molecule is [CH2-][NH+]1CC2(CNC2)C1. The lowest BCUT2D eigenvalue weighted by molar-refractivity contribution is -0.921. The van der Waals surface area contributed by atoms with Crippen LogP contribution in [0, 0.1) is 12.5 Å². The average Bonchev–Trinajstić information content (AvgIpc) is 1.51. The summed E-state index contributed by atoms with van der Waals surface area (Å²) in [6, 6.07) is 0. The summed E-state index contributed by atoms with van der Waals surface area (Å²) in [6.07, 6.45) is 0. The average molecular weight is 112 g/mol. The van der Waals surface area contributed by atoms with Gasteiger partial charge in [0, 0.05) is 13.1 Å². The smallest absolute Gasteiger partial charge is 0.0886 e. The zero-order valence-electron chi connectivity index (χ0n) is 5.04. The molecule has 8 heavy (non-hydrogen) atoms. The van der Waals surface area contributed by atoms with E-state index in [-0.39, 0.29) is 0 Å². The first-order chi connectivity index (χ1) is 3.81. The zero-order chi connectivity index (χ0) is 5.61. The molecular weight excluding hydrogens is 100 g/mol. The molecule has 2 aliphatic rings. The molecule has 2 N–H and O–H groups in total. The number of rotatable bonds is 0. The Morgan fingerprint density at radius 1 is 1.38 bits per heavy atom. The van der Waals surface area contributed by atoms with Crippen molar-refractivity contribution in [3.05, 3.63) is 7.05 Å². The van der Waals surface area contributed by atoms with Crippen molar-refractivity contribution in [2.24, 2.45) is 5.41 Å². The van der Waals surface area contributed by atoms with E-state index in [9.17, 15) is 0 Å². The molecule has 0 saturated carbocycles. The Hall–Kier alpha value is -0.0800. The largest absolute Gasteiger partial charge is 0.466 e. The Morgan fingerprint density at radius 3 is 2.12 bits per heavy atom. The molecule has 0 aromatic heterocycles. The molecular formula is C6H12N2. The molecule has 1 spiro atoms. The van der Waals surface area contributed by atoms with Crippen LogP contribution in [-0.2, 0) is 0 Å². The maximum absolute atomic E-state index is 3.91. The van der Waals surface area contributed by atoms with Crippen LogP contribution in [0.2, 0.25) is 0 Å². The van der Waals surface area contributed by atoms with Crippen molar-refractivity contribution in [1.29, 1.82) is 0 Å². The number of hydrogen-bond donors (Lipinski definition) is 2. The highest BCUT2D eigenvalue weighted by Crippen LogP contribution is 2.22. The number of likely N-dealkylation sites (tertiary alicyclic amines) is 1. The van der Waals surface area contributed by atoms with Gasteiger partial charge in [-0.3, -0.25) is 0 Å². The first-order valence-corrected chi connectivity index (χ1v) is 3.18. The fourth-order valence-electron chi connectivity index (χ4n) is 1.74. The Labute approximate surface area is 49.9 Å². The minimum absolute atomic E-state index is 0.705. The molecule has 2 heterocycles. The molecule has 0 aromatic rings. The molecule has 0 atom stereocenters. The molecule has 0 unspecified atom stereocenters. The Bertz CT molecular complexity index is 99.1. The third kappa shape index (κ3) is 0.446. The van der Waals surface area contributed by atoms with Crippen LogP contribution >= 0.6 is 0 Å². The Morgan fingerprint density at radius 2 is 2.00 bits per heavy atom. The van der Waals surface area contributed by atoms with Crippen molar-refractivity contribution in [3.8, 4) is 0 Å². The van der Waals surface area contributed by atoms with Crippen LogP contribution in [0.1, 0.15) is 0 Å². The lowest BCUT2D eigenvalue weighted by atomic mass is 9.75. The standard InChI is InChI=1S/C6H12N2/c1-8-4-6(5-8)2-7-3-6/h7-8H,1-5H2. The van der Waals surface area contributed by atoms with E-state index in [0.29, 0.717) is 5.41 Å². The molecule has 0 radical (unpaired) electrons.